The van der Waals surface area contributed by atoms with E-state index in [2.05, 4.69) is 20.4 Å². The number of nitrogens with zero attached hydrogens (tertiary/aromatic N) is 2. The lowest BCUT2D eigenvalue weighted by molar-refractivity contribution is 0.0947. The van der Waals surface area contributed by atoms with Gasteiger partial charge in [0, 0.05) is 11.8 Å². The third kappa shape index (κ3) is 3.91. The largest absolute Gasteiger partial charge is 0.345 e. The Hall–Kier alpha value is -3.36. The monoisotopic (exact) mass is 374 g/mol. The Morgan fingerprint density at radius 1 is 1.22 bits per heavy atom. The van der Waals surface area contributed by atoms with Gasteiger partial charge < -0.3 is 14.8 Å². The van der Waals surface area contributed by atoms with Crippen LogP contribution in [0.25, 0.3) is 11.5 Å². The quantitative estimate of drug-likeness (QED) is 0.715. The van der Waals surface area contributed by atoms with E-state index in [1.165, 1.54) is 18.2 Å². The maximum atomic E-state index is 13.8. The van der Waals surface area contributed by atoms with Crippen LogP contribution in [-0.4, -0.2) is 21.0 Å². The van der Waals surface area contributed by atoms with Gasteiger partial charge in [-0.05, 0) is 24.1 Å². The fourth-order valence-corrected chi connectivity index (χ4v) is 2.53. The molecule has 0 unspecified atom stereocenters. The number of rotatable bonds is 5. The Labute approximate surface area is 152 Å². The highest BCUT2D eigenvalue weighted by Gasteiger charge is 2.19. The minimum atomic E-state index is -0.830. The van der Waals surface area contributed by atoms with Crippen LogP contribution >= 0.6 is 0 Å². The van der Waals surface area contributed by atoms with Crippen LogP contribution in [0.2, 0.25) is 0 Å². The lowest BCUT2D eigenvalue weighted by Gasteiger charge is -2.11. The minimum absolute atomic E-state index is 0.0523. The van der Waals surface area contributed by atoms with Crippen LogP contribution in [0.15, 0.2) is 39.6 Å². The molecule has 0 saturated carbocycles. The first-order valence-electron chi connectivity index (χ1n) is 8.15. The predicted octanol–water partition coefficient (Wildman–Crippen LogP) is 2.76. The summed E-state index contributed by atoms with van der Waals surface area (Å²) in [5, 5.41) is 6.21. The smallest absolute Gasteiger partial charge is 0.263 e. The molecule has 2 aromatic heterocycles. The first-order chi connectivity index (χ1) is 12.9. The maximum Gasteiger partial charge on any atom is 0.263 e. The van der Waals surface area contributed by atoms with E-state index in [1.54, 1.807) is 0 Å². The number of carbonyl (C=O) groups excluding carboxylic acids is 1. The van der Waals surface area contributed by atoms with Crippen LogP contribution in [-0.2, 0) is 6.54 Å². The highest BCUT2D eigenvalue weighted by molar-refractivity contribution is 5.95. The van der Waals surface area contributed by atoms with E-state index in [1.807, 2.05) is 13.8 Å². The Morgan fingerprint density at radius 3 is 2.59 bits per heavy atom. The number of halogens is 2. The summed E-state index contributed by atoms with van der Waals surface area (Å²) < 4.78 is 32.4. The molecule has 140 valence electrons. The average Bonchev–Trinajstić information content (AvgIpc) is 3.08. The van der Waals surface area contributed by atoms with Gasteiger partial charge in [-0.2, -0.15) is 4.98 Å². The maximum absolute atomic E-state index is 13.8. The molecule has 1 aromatic carbocycles. The van der Waals surface area contributed by atoms with Crippen molar-refractivity contribution in [1.29, 1.82) is 0 Å². The van der Waals surface area contributed by atoms with Crippen LogP contribution in [0.3, 0.4) is 0 Å². The molecule has 0 aliphatic carbocycles. The van der Waals surface area contributed by atoms with Crippen molar-refractivity contribution in [1.82, 2.24) is 20.4 Å². The van der Waals surface area contributed by atoms with Crippen LogP contribution in [0.1, 0.15) is 41.6 Å². The fraction of sp³-hybridized carbons (Fsp3) is 0.222. The second-order valence-electron chi connectivity index (χ2n) is 6.10. The number of benzene rings is 1. The SMILES string of the molecule is CC(C)c1[nH]c(=O)ccc1C(=O)NCc1noc(-c2c(F)cccc2F)n1. The van der Waals surface area contributed by atoms with Crippen molar-refractivity contribution in [3.63, 3.8) is 0 Å². The summed E-state index contributed by atoms with van der Waals surface area (Å²) in [4.78, 5) is 30.4. The van der Waals surface area contributed by atoms with Crippen LogP contribution < -0.4 is 10.9 Å². The van der Waals surface area contributed by atoms with Gasteiger partial charge in [0.2, 0.25) is 5.56 Å². The zero-order valence-electron chi connectivity index (χ0n) is 14.5. The van der Waals surface area contributed by atoms with Gasteiger partial charge in [0.05, 0.1) is 12.1 Å². The summed E-state index contributed by atoms with van der Waals surface area (Å²) in [7, 11) is 0. The molecule has 9 heteroatoms. The third-order valence-corrected chi connectivity index (χ3v) is 3.82. The molecule has 27 heavy (non-hydrogen) atoms. The number of hydrogen-bond donors (Lipinski definition) is 2. The van der Waals surface area contributed by atoms with Crippen molar-refractivity contribution in [3.05, 3.63) is 69.4 Å². The van der Waals surface area contributed by atoms with E-state index in [0.29, 0.717) is 11.3 Å². The van der Waals surface area contributed by atoms with Gasteiger partial charge >= 0.3 is 0 Å². The Balaban J connectivity index is 1.76. The Morgan fingerprint density at radius 2 is 1.93 bits per heavy atom. The molecule has 2 N–H and O–H groups in total. The van der Waals surface area contributed by atoms with Crippen LogP contribution in [0.4, 0.5) is 8.78 Å². The van der Waals surface area contributed by atoms with Crippen molar-refractivity contribution < 1.29 is 18.1 Å². The molecule has 3 rings (SSSR count). The zero-order chi connectivity index (χ0) is 19.6. The van der Waals surface area contributed by atoms with Crippen molar-refractivity contribution in [2.24, 2.45) is 0 Å². The molecule has 0 atom stereocenters. The summed E-state index contributed by atoms with van der Waals surface area (Å²) in [5.41, 5.74) is 0.0889. The summed E-state index contributed by atoms with van der Waals surface area (Å²) in [6.07, 6.45) is 0. The number of nitrogens with one attached hydrogen (secondary N) is 2. The molecular formula is C18H16F2N4O3. The van der Waals surface area contributed by atoms with E-state index >= 15 is 0 Å². The van der Waals surface area contributed by atoms with Gasteiger partial charge in [0.15, 0.2) is 5.82 Å². The first kappa shape index (κ1) is 18.4. The number of H-pyrrole nitrogens is 1. The number of amides is 1. The van der Waals surface area contributed by atoms with E-state index in [9.17, 15) is 18.4 Å². The molecule has 1 amide bonds. The highest BCUT2D eigenvalue weighted by Crippen LogP contribution is 2.24. The van der Waals surface area contributed by atoms with Crippen molar-refractivity contribution in [2.45, 2.75) is 26.3 Å². The van der Waals surface area contributed by atoms with Gasteiger partial charge in [-0.3, -0.25) is 9.59 Å². The van der Waals surface area contributed by atoms with Crippen molar-refractivity contribution in [2.75, 3.05) is 0 Å². The fourth-order valence-electron chi connectivity index (χ4n) is 2.53. The van der Waals surface area contributed by atoms with E-state index in [4.69, 9.17) is 4.52 Å². The molecule has 3 aromatic rings. The summed E-state index contributed by atoms with van der Waals surface area (Å²) in [5.74, 6) is -2.44. The normalized spacial score (nSPS) is 11.0. The van der Waals surface area contributed by atoms with E-state index in [0.717, 1.165) is 12.1 Å². The number of carbonyl (C=O) groups is 1. The van der Waals surface area contributed by atoms with Gasteiger partial charge in [-0.1, -0.05) is 25.1 Å². The number of hydrogen-bond acceptors (Lipinski definition) is 5. The molecular weight excluding hydrogens is 358 g/mol. The molecule has 0 fully saturated rings. The molecule has 2 heterocycles. The average molecular weight is 374 g/mol. The lowest BCUT2D eigenvalue weighted by Crippen LogP contribution is -2.26. The van der Waals surface area contributed by atoms with Crippen LogP contribution in [0.5, 0.6) is 0 Å². The molecule has 0 bridgehead atoms. The van der Waals surface area contributed by atoms with Gasteiger partial charge in [0.25, 0.3) is 11.8 Å². The topological polar surface area (TPSA) is 101 Å². The third-order valence-electron chi connectivity index (χ3n) is 3.82. The Bertz CT molecular complexity index is 1020. The predicted molar refractivity (Wildman–Crippen MR) is 92.0 cm³/mol. The molecule has 0 saturated heterocycles. The number of aromatic amines is 1. The number of aromatic nitrogens is 3. The minimum Gasteiger partial charge on any atom is -0.345 e. The summed E-state index contributed by atoms with van der Waals surface area (Å²) in [6, 6.07) is 6.07. The van der Waals surface area contributed by atoms with Crippen LogP contribution in [0, 0.1) is 11.6 Å². The molecule has 7 nitrogen and oxygen atoms in total. The molecule has 0 aliphatic heterocycles. The zero-order valence-corrected chi connectivity index (χ0v) is 14.5. The summed E-state index contributed by atoms with van der Waals surface area (Å²) >= 11 is 0. The second kappa shape index (κ2) is 7.48. The Kier molecular flexibility index (Phi) is 5.11. The van der Waals surface area contributed by atoms with Gasteiger partial charge in [-0.15, -0.1) is 0 Å². The van der Waals surface area contributed by atoms with Gasteiger partial charge in [0.1, 0.15) is 17.2 Å². The van der Waals surface area contributed by atoms with Crippen molar-refractivity contribution >= 4 is 5.91 Å². The second-order valence-corrected chi connectivity index (χ2v) is 6.10. The molecule has 0 radical (unpaired) electrons. The van der Waals surface area contributed by atoms with Gasteiger partial charge in [-0.25, -0.2) is 8.78 Å². The highest BCUT2D eigenvalue weighted by atomic mass is 19.1. The van der Waals surface area contributed by atoms with E-state index in [-0.39, 0.29) is 29.7 Å². The first-order valence-corrected chi connectivity index (χ1v) is 8.15. The molecule has 0 aliphatic rings. The van der Waals surface area contributed by atoms with Crippen molar-refractivity contribution in [3.8, 4) is 11.5 Å². The summed E-state index contributed by atoms with van der Waals surface area (Å²) in [6.45, 7) is 3.57. The molecule has 0 spiro atoms. The lowest BCUT2D eigenvalue weighted by atomic mass is 10.0. The standard InChI is InChI=1S/C18H16F2N4O3/c1-9(2)16-10(6-7-14(25)23-16)17(26)21-8-13-22-18(27-24-13)15-11(19)4-3-5-12(15)20/h3-7,9H,8H2,1-2H3,(H,21,26)(H,23,25). The van der Waals surface area contributed by atoms with E-state index < -0.39 is 23.1 Å². The number of pyridine rings is 1.